The summed E-state index contributed by atoms with van der Waals surface area (Å²) < 4.78 is 67.4. The highest BCUT2D eigenvalue weighted by Crippen LogP contribution is 2.46. The summed E-state index contributed by atoms with van der Waals surface area (Å²) >= 11 is 2.86. The van der Waals surface area contributed by atoms with Gasteiger partial charge in [-0.2, -0.15) is 22.0 Å². The van der Waals surface area contributed by atoms with Crippen LogP contribution in [0.2, 0.25) is 0 Å². The zero-order valence-corrected chi connectivity index (χ0v) is 9.98. The number of fused-ring (bicyclic) bond motifs is 1. The molecule has 0 radical (unpaired) electrons. The topological polar surface area (TPSA) is 26.3 Å². The average Bonchev–Trinajstić information content (AvgIpc) is 2.53. The Balaban J connectivity index is 2.51. The third-order valence-electron chi connectivity index (χ3n) is 2.45. The second-order valence-electron chi connectivity index (χ2n) is 3.60. The largest absolute Gasteiger partial charge is 0.458 e. The van der Waals surface area contributed by atoms with Gasteiger partial charge in [0.2, 0.25) is 0 Å². The zero-order valence-electron chi connectivity index (χ0n) is 8.39. The molecule has 0 bridgehead atoms. The minimum atomic E-state index is -5.69. The molecule has 0 aliphatic carbocycles. The van der Waals surface area contributed by atoms with E-state index in [1.807, 2.05) is 0 Å². The van der Waals surface area contributed by atoms with Crippen LogP contribution >= 0.6 is 15.9 Å². The van der Waals surface area contributed by atoms with Crippen LogP contribution in [-0.2, 0) is 10.7 Å². The standard InChI is InChI=1S/C10H4BrF5O2/c11-7-6-3-4(9(12,13)10(14,15)16)1-2-5(6)8(17)18-7/h1-3,7H. The van der Waals surface area contributed by atoms with Crippen molar-refractivity contribution in [2.24, 2.45) is 0 Å². The maximum atomic E-state index is 13.1. The summed E-state index contributed by atoms with van der Waals surface area (Å²) in [6, 6.07) is 2.08. The molecule has 0 saturated heterocycles. The summed E-state index contributed by atoms with van der Waals surface area (Å²) in [6.45, 7) is 0. The van der Waals surface area contributed by atoms with Gasteiger partial charge in [-0.3, -0.25) is 0 Å². The van der Waals surface area contributed by atoms with Crippen molar-refractivity contribution < 1.29 is 31.5 Å². The molecule has 0 fully saturated rings. The molecule has 8 heteroatoms. The maximum Gasteiger partial charge on any atom is 0.458 e. The van der Waals surface area contributed by atoms with E-state index >= 15 is 0 Å². The highest BCUT2D eigenvalue weighted by Gasteiger charge is 2.59. The fourth-order valence-corrected chi connectivity index (χ4v) is 2.06. The SMILES string of the molecule is O=C1OC(Br)c2cc(C(F)(F)C(F)(F)F)ccc21. The molecule has 0 aromatic heterocycles. The van der Waals surface area contributed by atoms with Crippen LogP contribution in [0.15, 0.2) is 18.2 Å². The van der Waals surface area contributed by atoms with Gasteiger partial charge in [0.25, 0.3) is 0 Å². The van der Waals surface area contributed by atoms with E-state index in [0.29, 0.717) is 12.1 Å². The van der Waals surface area contributed by atoms with Crippen molar-refractivity contribution in [2.45, 2.75) is 17.1 Å². The summed E-state index contributed by atoms with van der Waals surface area (Å²) in [5, 5.41) is -1.01. The molecule has 0 spiro atoms. The highest BCUT2D eigenvalue weighted by atomic mass is 79.9. The van der Waals surface area contributed by atoms with Gasteiger partial charge < -0.3 is 4.74 Å². The summed E-state index contributed by atoms with van der Waals surface area (Å²) in [6.07, 6.45) is -5.69. The van der Waals surface area contributed by atoms with E-state index < -0.39 is 28.6 Å². The first kappa shape index (κ1) is 13.3. The molecule has 0 amide bonds. The van der Waals surface area contributed by atoms with Crippen molar-refractivity contribution in [1.82, 2.24) is 0 Å². The van der Waals surface area contributed by atoms with Gasteiger partial charge in [0.15, 0.2) is 5.01 Å². The Hall–Kier alpha value is -1.18. The smallest absolute Gasteiger partial charge is 0.442 e. The number of halogens is 6. The van der Waals surface area contributed by atoms with Crippen molar-refractivity contribution >= 4 is 21.9 Å². The van der Waals surface area contributed by atoms with Gasteiger partial charge in [-0.15, -0.1) is 0 Å². The van der Waals surface area contributed by atoms with Gasteiger partial charge in [-0.05, 0) is 28.1 Å². The van der Waals surface area contributed by atoms with E-state index in [1.165, 1.54) is 0 Å². The highest BCUT2D eigenvalue weighted by molar-refractivity contribution is 9.09. The quantitative estimate of drug-likeness (QED) is 0.443. The van der Waals surface area contributed by atoms with Gasteiger partial charge in [0, 0.05) is 11.1 Å². The molecule has 2 rings (SSSR count). The van der Waals surface area contributed by atoms with Crippen molar-refractivity contribution in [2.75, 3.05) is 0 Å². The van der Waals surface area contributed by atoms with Crippen LogP contribution in [0.25, 0.3) is 0 Å². The van der Waals surface area contributed by atoms with Crippen molar-refractivity contribution in [1.29, 1.82) is 0 Å². The molecule has 0 N–H and O–H groups in total. The lowest BCUT2D eigenvalue weighted by Crippen LogP contribution is -2.33. The Kier molecular flexibility index (Phi) is 2.88. The van der Waals surface area contributed by atoms with Crippen LogP contribution in [0.1, 0.15) is 26.5 Å². The van der Waals surface area contributed by atoms with E-state index in [0.717, 1.165) is 6.07 Å². The molecule has 1 atom stereocenters. The van der Waals surface area contributed by atoms with Gasteiger partial charge in [-0.1, -0.05) is 6.07 Å². The Morgan fingerprint density at radius 1 is 1.17 bits per heavy atom. The summed E-state index contributed by atoms with van der Waals surface area (Å²) in [5.41, 5.74) is -1.29. The van der Waals surface area contributed by atoms with Crippen LogP contribution in [0.3, 0.4) is 0 Å². The molecule has 1 unspecified atom stereocenters. The normalized spacial score (nSPS) is 19.7. The van der Waals surface area contributed by atoms with Crippen LogP contribution in [0.5, 0.6) is 0 Å². The van der Waals surface area contributed by atoms with E-state index in [2.05, 4.69) is 20.7 Å². The number of esters is 1. The second-order valence-corrected chi connectivity index (χ2v) is 4.43. The number of hydrogen-bond acceptors (Lipinski definition) is 2. The Morgan fingerprint density at radius 2 is 1.78 bits per heavy atom. The molecule has 1 aromatic rings. The van der Waals surface area contributed by atoms with E-state index in [1.54, 1.807) is 0 Å². The molecule has 1 aliphatic rings. The van der Waals surface area contributed by atoms with Crippen molar-refractivity contribution in [3.63, 3.8) is 0 Å². The second kappa shape index (κ2) is 3.91. The zero-order chi connectivity index (χ0) is 13.7. The predicted molar refractivity (Wildman–Crippen MR) is 53.5 cm³/mol. The van der Waals surface area contributed by atoms with Gasteiger partial charge >= 0.3 is 18.1 Å². The first-order valence-corrected chi connectivity index (χ1v) is 5.50. The summed E-state index contributed by atoms with van der Waals surface area (Å²) in [5.74, 6) is -5.74. The number of ether oxygens (including phenoxy) is 1. The molecular weight excluding hydrogens is 327 g/mol. The molecule has 18 heavy (non-hydrogen) atoms. The Morgan fingerprint density at radius 3 is 2.33 bits per heavy atom. The maximum absolute atomic E-state index is 13.1. The lowest BCUT2D eigenvalue weighted by Gasteiger charge is -2.20. The van der Waals surface area contributed by atoms with Gasteiger partial charge in [-0.25, -0.2) is 4.79 Å². The van der Waals surface area contributed by atoms with Crippen molar-refractivity contribution in [3.8, 4) is 0 Å². The molecule has 2 nitrogen and oxygen atoms in total. The molecule has 1 heterocycles. The van der Waals surface area contributed by atoms with Crippen molar-refractivity contribution in [3.05, 3.63) is 34.9 Å². The van der Waals surface area contributed by atoms with E-state index in [-0.39, 0.29) is 11.1 Å². The number of benzene rings is 1. The molecule has 1 aliphatic heterocycles. The van der Waals surface area contributed by atoms with Gasteiger partial charge in [0.05, 0.1) is 5.56 Å². The first-order chi connectivity index (χ1) is 8.14. The van der Waals surface area contributed by atoms with E-state index in [9.17, 15) is 26.7 Å². The predicted octanol–water partition coefficient (Wildman–Crippen LogP) is 3.90. The number of carbonyl (C=O) groups is 1. The lowest BCUT2D eigenvalue weighted by molar-refractivity contribution is -0.289. The van der Waals surface area contributed by atoms with Crippen LogP contribution in [0.4, 0.5) is 22.0 Å². The van der Waals surface area contributed by atoms with Crippen LogP contribution < -0.4 is 0 Å². The minimum Gasteiger partial charge on any atom is -0.442 e. The monoisotopic (exact) mass is 330 g/mol. The number of alkyl halides is 6. The fraction of sp³-hybridized carbons (Fsp3) is 0.300. The minimum absolute atomic E-state index is 0.0291. The Bertz CT molecular complexity index is 511. The van der Waals surface area contributed by atoms with E-state index in [4.69, 9.17) is 0 Å². The summed E-state index contributed by atoms with van der Waals surface area (Å²) in [4.78, 5) is 11.2. The number of cyclic esters (lactones) is 1. The average molecular weight is 331 g/mol. The molecule has 0 saturated carbocycles. The Labute approximate surface area is 106 Å². The third kappa shape index (κ3) is 1.88. The number of hydrogen-bond donors (Lipinski definition) is 0. The third-order valence-corrected chi connectivity index (χ3v) is 3.13. The molecule has 1 aromatic carbocycles. The fourth-order valence-electron chi connectivity index (χ4n) is 1.52. The number of rotatable bonds is 1. The molecular formula is C10H4BrF5O2. The molecule has 98 valence electrons. The van der Waals surface area contributed by atoms with Crippen LogP contribution in [0, 0.1) is 0 Å². The first-order valence-electron chi connectivity index (χ1n) is 4.58. The lowest BCUT2D eigenvalue weighted by atomic mass is 10.0. The summed E-state index contributed by atoms with van der Waals surface area (Å²) in [7, 11) is 0. The number of carbonyl (C=O) groups excluding carboxylic acids is 1. The van der Waals surface area contributed by atoms with Crippen LogP contribution in [-0.4, -0.2) is 12.1 Å². The van der Waals surface area contributed by atoms with Gasteiger partial charge in [0.1, 0.15) is 0 Å².